The second kappa shape index (κ2) is 7.59. The van der Waals surface area contributed by atoms with Gasteiger partial charge >= 0.3 is 6.09 Å². The fourth-order valence-corrected chi connectivity index (χ4v) is 1.79. The number of rotatable bonds is 6. The zero-order valence-electron chi connectivity index (χ0n) is 11.8. The zero-order valence-corrected chi connectivity index (χ0v) is 11.8. The summed E-state index contributed by atoms with van der Waals surface area (Å²) in [5, 5.41) is 6.07. The summed E-state index contributed by atoms with van der Waals surface area (Å²) in [6, 6.07) is 0. The molecule has 5 heteroatoms. The van der Waals surface area contributed by atoms with Crippen LogP contribution in [0.4, 0.5) is 4.79 Å². The zero-order chi connectivity index (χ0) is 13.4. The smallest absolute Gasteiger partial charge is 0.407 e. The summed E-state index contributed by atoms with van der Waals surface area (Å²) in [5.41, 5.74) is -0.428. The van der Waals surface area contributed by atoms with E-state index in [1.807, 2.05) is 20.8 Å². The van der Waals surface area contributed by atoms with E-state index in [-0.39, 0.29) is 6.09 Å². The summed E-state index contributed by atoms with van der Waals surface area (Å²) in [5.74, 6) is 0. The third-order valence-electron chi connectivity index (χ3n) is 2.59. The lowest BCUT2D eigenvalue weighted by atomic mass is 10.2. The molecule has 18 heavy (non-hydrogen) atoms. The first kappa shape index (κ1) is 15.2. The summed E-state index contributed by atoms with van der Waals surface area (Å²) >= 11 is 0. The first-order valence-electron chi connectivity index (χ1n) is 6.76. The molecule has 1 aliphatic rings. The maximum Gasteiger partial charge on any atom is 0.407 e. The third kappa shape index (κ3) is 7.50. The van der Waals surface area contributed by atoms with Crippen molar-refractivity contribution in [3.05, 3.63) is 0 Å². The van der Waals surface area contributed by atoms with Gasteiger partial charge in [-0.1, -0.05) is 0 Å². The van der Waals surface area contributed by atoms with Gasteiger partial charge in [0.15, 0.2) is 0 Å². The van der Waals surface area contributed by atoms with Crippen LogP contribution in [-0.2, 0) is 9.47 Å². The number of ether oxygens (including phenoxy) is 2. The minimum Gasteiger partial charge on any atom is -0.444 e. The molecule has 1 atom stereocenters. The number of hydrogen-bond acceptors (Lipinski definition) is 4. The number of carbonyl (C=O) groups is 1. The molecule has 5 nitrogen and oxygen atoms in total. The molecule has 2 N–H and O–H groups in total. The maximum atomic E-state index is 11.3. The van der Waals surface area contributed by atoms with Crippen molar-refractivity contribution in [2.45, 2.75) is 51.7 Å². The Morgan fingerprint density at radius 1 is 1.39 bits per heavy atom. The fourth-order valence-electron chi connectivity index (χ4n) is 1.79. The molecule has 0 spiro atoms. The van der Waals surface area contributed by atoms with Crippen molar-refractivity contribution in [2.24, 2.45) is 0 Å². The molecular formula is C13H26N2O3. The molecule has 1 fully saturated rings. The molecule has 0 aromatic carbocycles. The first-order valence-corrected chi connectivity index (χ1v) is 6.76. The largest absolute Gasteiger partial charge is 0.444 e. The average molecular weight is 258 g/mol. The average Bonchev–Trinajstić information content (AvgIpc) is 2.73. The van der Waals surface area contributed by atoms with Crippen LogP contribution < -0.4 is 10.6 Å². The van der Waals surface area contributed by atoms with E-state index in [1.165, 1.54) is 6.42 Å². The highest BCUT2D eigenvalue weighted by Gasteiger charge is 2.16. The summed E-state index contributed by atoms with van der Waals surface area (Å²) in [7, 11) is 0. The lowest BCUT2D eigenvalue weighted by molar-refractivity contribution is 0.0527. The van der Waals surface area contributed by atoms with Crippen molar-refractivity contribution >= 4 is 6.09 Å². The SMILES string of the molecule is CC(C)(C)OC(=O)NCCCNCC1CCCO1. The quantitative estimate of drug-likeness (QED) is 0.712. The van der Waals surface area contributed by atoms with Crippen molar-refractivity contribution in [1.82, 2.24) is 10.6 Å². The van der Waals surface area contributed by atoms with Gasteiger partial charge in [0.05, 0.1) is 6.10 Å². The molecule has 0 bridgehead atoms. The Morgan fingerprint density at radius 2 is 2.17 bits per heavy atom. The predicted molar refractivity (Wildman–Crippen MR) is 70.7 cm³/mol. The number of amides is 1. The molecule has 1 rings (SSSR count). The van der Waals surface area contributed by atoms with E-state index in [0.717, 1.165) is 32.5 Å². The van der Waals surface area contributed by atoms with Gasteiger partial charge in [0.1, 0.15) is 5.60 Å². The highest BCUT2D eigenvalue weighted by atomic mass is 16.6. The second-order valence-electron chi connectivity index (χ2n) is 5.62. The molecule has 1 amide bonds. The number of nitrogens with one attached hydrogen (secondary N) is 2. The van der Waals surface area contributed by atoms with Crippen LogP contribution in [0.25, 0.3) is 0 Å². The minimum absolute atomic E-state index is 0.346. The van der Waals surface area contributed by atoms with Crippen LogP contribution >= 0.6 is 0 Å². The molecule has 0 aromatic rings. The number of carbonyl (C=O) groups excluding carboxylic acids is 1. The van der Waals surface area contributed by atoms with Gasteiger partial charge in [-0.15, -0.1) is 0 Å². The molecule has 0 aliphatic carbocycles. The summed E-state index contributed by atoms with van der Waals surface area (Å²) in [6.07, 6.45) is 3.26. The molecular weight excluding hydrogens is 232 g/mol. The van der Waals surface area contributed by atoms with Gasteiger partial charge in [-0.2, -0.15) is 0 Å². The first-order chi connectivity index (χ1) is 8.47. The van der Waals surface area contributed by atoms with E-state index in [2.05, 4.69) is 10.6 Å². The van der Waals surface area contributed by atoms with Gasteiger partial charge in [-0.3, -0.25) is 0 Å². The molecule has 1 saturated heterocycles. The number of alkyl carbamates (subject to hydrolysis) is 1. The fraction of sp³-hybridized carbons (Fsp3) is 0.923. The van der Waals surface area contributed by atoms with Gasteiger partial charge in [0, 0.05) is 19.7 Å². The lowest BCUT2D eigenvalue weighted by Crippen LogP contribution is -2.34. The van der Waals surface area contributed by atoms with Gasteiger partial charge in [-0.05, 0) is 46.6 Å². The van der Waals surface area contributed by atoms with E-state index in [1.54, 1.807) is 0 Å². The summed E-state index contributed by atoms with van der Waals surface area (Å²) in [6.45, 7) is 8.89. The Morgan fingerprint density at radius 3 is 2.78 bits per heavy atom. The standard InChI is InChI=1S/C13H26N2O3/c1-13(2,3)18-12(16)15-8-5-7-14-10-11-6-4-9-17-11/h11,14H,4-10H2,1-3H3,(H,15,16). The van der Waals surface area contributed by atoms with Gasteiger partial charge in [-0.25, -0.2) is 4.79 Å². The van der Waals surface area contributed by atoms with Crippen LogP contribution in [0, 0.1) is 0 Å². The molecule has 106 valence electrons. The monoisotopic (exact) mass is 258 g/mol. The Hall–Kier alpha value is -0.810. The molecule has 0 radical (unpaired) electrons. The van der Waals surface area contributed by atoms with Crippen molar-refractivity contribution in [2.75, 3.05) is 26.2 Å². The highest BCUT2D eigenvalue weighted by molar-refractivity contribution is 5.67. The van der Waals surface area contributed by atoms with Crippen molar-refractivity contribution in [3.63, 3.8) is 0 Å². The van der Waals surface area contributed by atoms with Crippen LogP contribution in [0.5, 0.6) is 0 Å². The van der Waals surface area contributed by atoms with Crippen LogP contribution in [0.15, 0.2) is 0 Å². The summed E-state index contributed by atoms with van der Waals surface area (Å²) < 4.78 is 10.6. The van der Waals surface area contributed by atoms with Gasteiger partial charge in [0.25, 0.3) is 0 Å². The minimum atomic E-state index is -0.428. The highest BCUT2D eigenvalue weighted by Crippen LogP contribution is 2.10. The Kier molecular flexibility index (Phi) is 6.43. The normalized spacial score (nSPS) is 19.8. The maximum absolute atomic E-state index is 11.3. The molecule has 1 heterocycles. The second-order valence-corrected chi connectivity index (χ2v) is 5.62. The lowest BCUT2D eigenvalue weighted by Gasteiger charge is -2.19. The molecule has 0 aromatic heterocycles. The molecule has 1 unspecified atom stereocenters. The van der Waals surface area contributed by atoms with Crippen molar-refractivity contribution in [3.8, 4) is 0 Å². The van der Waals surface area contributed by atoms with E-state index >= 15 is 0 Å². The van der Waals surface area contributed by atoms with E-state index in [4.69, 9.17) is 9.47 Å². The molecule has 0 saturated carbocycles. The topological polar surface area (TPSA) is 59.6 Å². The Labute approximate surface area is 110 Å². The number of hydrogen-bond donors (Lipinski definition) is 2. The van der Waals surface area contributed by atoms with Crippen LogP contribution in [-0.4, -0.2) is 44.0 Å². The Balaban J connectivity index is 1.90. The van der Waals surface area contributed by atoms with Crippen LogP contribution in [0.1, 0.15) is 40.0 Å². The van der Waals surface area contributed by atoms with Gasteiger partial charge < -0.3 is 20.1 Å². The van der Waals surface area contributed by atoms with Gasteiger partial charge in [0.2, 0.25) is 0 Å². The third-order valence-corrected chi connectivity index (χ3v) is 2.59. The summed E-state index contributed by atoms with van der Waals surface area (Å²) in [4.78, 5) is 11.3. The van der Waals surface area contributed by atoms with Crippen molar-refractivity contribution in [1.29, 1.82) is 0 Å². The van der Waals surface area contributed by atoms with Crippen LogP contribution in [0.3, 0.4) is 0 Å². The van der Waals surface area contributed by atoms with E-state index in [0.29, 0.717) is 12.6 Å². The predicted octanol–water partition coefficient (Wildman–Crippen LogP) is 1.67. The Bertz CT molecular complexity index is 245. The van der Waals surface area contributed by atoms with Crippen LogP contribution in [0.2, 0.25) is 0 Å². The van der Waals surface area contributed by atoms with E-state index < -0.39 is 5.60 Å². The molecule has 1 aliphatic heterocycles. The van der Waals surface area contributed by atoms with E-state index in [9.17, 15) is 4.79 Å². The van der Waals surface area contributed by atoms with Crippen molar-refractivity contribution < 1.29 is 14.3 Å².